The van der Waals surface area contributed by atoms with Crippen LogP contribution in [-0.4, -0.2) is 55.5 Å². The zero-order valence-corrected chi connectivity index (χ0v) is 15.2. The van der Waals surface area contributed by atoms with Crippen molar-refractivity contribution in [3.05, 3.63) is 65.5 Å². The predicted octanol–water partition coefficient (Wildman–Crippen LogP) is 3.22. The summed E-state index contributed by atoms with van der Waals surface area (Å²) >= 11 is 0. The van der Waals surface area contributed by atoms with E-state index in [1.807, 2.05) is 41.3 Å². The van der Waals surface area contributed by atoms with Crippen LogP contribution < -0.4 is 4.74 Å². The third-order valence-electron chi connectivity index (χ3n) is 4.85. The van der Waals surface area contributed by atoms with E-state index in [1.165, 1.54) is 17.7 Å². The number of piperazine rings is 1. The minimum absolute atomic E-state index is 0.0821. The van der Waals surface area contributed by atoms with Gasteiger partial charge in [-0.2, -0.15) is 0 Å². The topological polar surface area (TPSA) is 32.8 Å². The van der Waals surface area contributed by atoms with Crippen LogP contribution in [0.3, 0.4) is 0 Å². The molecule has 2 aromatic rings. The second-order valence-electron chi connectivity index (χ2n) is 6.59. The summed E-state index contributed by atoms with van der Waals surface area (Å²) < 4.78 is 18.0. The van der Waals surface area contributed by atoms with E-state index >= 15 is 0 Å². The smallest absolute Gasteiger partial charge is 0.253 e. The molecule has 0 spiro atoms. The van der Waals surface area contributed by atoms with E-state index in [9.17, 15) is 9.18 Å². The maximum atomic E-state index is 12.9. The molecule has 1 fully saturated rings. The van der Waals surface area contributed by atoms with Gasteiger partial charge in [0, 0.05) is 31.7 Å². The number of methoxy groups -OCH3 is 1. The highest BCUT2D eigenvalue weighted by molar-refractivity contribution is 5.94. The second kappa shape index (κ2) is 8.81. The van der Waals surface area contributed by atoms with Gasteiger partial charge in [-0.1, -0.05) is 12.1 Å². The highest BCUT2D eigenvalue weighted by atomic mass is 19.1. The molecule has 0 atom stereocenters. The van der Waals surface area contributed by atoms with E-state index in [2.05, 4.69) is 4.90 Å². The molecule has 0 radical (unpaired) electrons. The Bertz CT molecular complexity index is 708. The van der Waals surface area contributed by atoms with Crippen molar-refractivity contribution < 1.29 is 13.9 Å². The van der Waals surface area contributed by atoms with Crippen molar-refractivity contribution in [1.82, 2.24) is 9.80 Å². The molecule has 1 aliphatic heterocycles. The van der Waals surface area contributed by atoms with Crippen LogP contribution in [0.4, 0.5) is 4.39 Å². The summed E-state index contributed by atoms with van der Waals surface area (Å²) in [6, 6.07) is 14.0. The number of hydrogen-bond acceptors (Lipinski definition) is 3. The molecule has 0 saturated carbocycles. The van der Waals surface area contributed by atoms with Crippen molar-refractivity contribution in [1.29, 1.82) is 0 Å². The Morgan fingerprint density at radius 1 is 1.00 bits per heavy atom. The van der Waals surface area contributed by atoms with Gasteiger partial charge in [-0.05, 0) is 61.3 Å². The van der Waals surface area contributed by atoms with Crippen molar-refractivity contribution in [2.45, 2.75) is 12.8 Å². The lowest BCUT2D eigenvalue weighted by Gasteiger charge is -2.34. The Kier molecular flexibility index (Phi) is 6.23. The van der Waals surface area contributed by atoms with Gasteiger partial charge in [-0.3, -0.25) is 9.69 Å². The third-order valence-corrected chi connectivity index (χ3v) is 4.85. The Hall–Kier alpha value is -2.40. The number of carbonyl (C=O) groups is 1. The van der Waals surface area contributed by atoms with Crippen molar-refractivity contribution >= 4 is 5.91 Å². The summed E-state index contributed by atoms with van der Waals surface area (Å²) in [6.45, 7) is 4.29. The molecule has 0 unspecified atom stereocenters. The summed E-state index contributed by atoms with van der Waals surface area (Å²) in [5.74, 6) is 0.650. The number of halogens is 1. The molecule has 0 aromatic heterocycles. The third kappa shape index (κ3) is 4.82. The Labute approximate surface area is 154 Å². The number of nitrogens with zero attached hydrogens (tertiary/aromatic N) is 2. The Balaban J connectivity index is 1.41. The average molecular weight is 356 g/mol. The molecule has 1 heterocycles. The average Bonchev–Trinajstić information content (AvgIpc) is 2.69. The predicted molar refractivity (Wildman–Crippen MR) is 100 cm³/mol. The lowest BCUT2D eigenvalue weighted by atomic mass is 10.1. The standard InChI is InChI=1S/C21H25FN2O2/c1-26-20-10-6-18(7-11-20)21(25)24-15-13-23(14-16-24)12-2-3-17-4-8-19(22)9-5-17/h4-11H,2-3,12-16H2,1H3. The van der Waals surface area contributed by atoms with E-state index < -0.39 is 0 Å². The molecule has 3 rings (SSSR count). The molecule has 1 saturated heterocycles. The molecule has 1 aliphatic rings. The van der Waals surface area contributed by atoms with Crippen LogP contribution in [0.15, 0.2) is 48.5 Å². The first-order valence-corrected chi connectivity index (χ1v) is 9.06. The summed E-state index contributed by atoms with van der Waals surface area (Å²) in [5, 5.41) is 0. The lowest BCUT2D eigenvalue weighted by molar-refractivity contribution is 0.0636. The Morgan fingerprint density at radius 2 is 1.65 bits per heavy atom. The van der Waals surface area contributed by atoms with Gasteiger partial charge in [0.15, 0.2) is 0 Å². The van der Waals surface area contributed by atoms with E-state index in [0.29, 0.717) is 5.56 Å². The normalized spacial score (nSPS) is 15.1. The van der Waals surface area contributed by atoms with E-state index in [0.717, 1.165) is 51.3 Å². The van der Waals surface area contributed by atoms with Gasteiger partial charge in [0.2, 0.25) is 0 Å². The van der Waals surface area contributed by atoms with Crippen LogP contribution >= 0.6 is 0 Å². The van der Waals surface area contributed by atoms with Crippen molar-refractivity contribution in [2.75, 3.05) is 39.8 Å². The molecule has 1 amide bonds. The van der Waals surface area contributed by atoms with E-state index in [-0.39, 0.29) is 11.7 Å². The first-order valence-electron chi connectivity index (χ1n) is 9.06. The fourth-order valence-corrected chi connectivity index (χ4v) is 3.25. The fraction of sp³-hybridized carbons (Fsp3) is 0.381. The van der Waals surface area contributed by atoms with Gasteiger partial charge in [-0.25, -0.2) is 4.39 Å². The van der Waals surface area contributed by atoms with Gasteiger partial charge >= 0.3 is 0 Å². The highest BCUT2D eigenvalue weighted by Gasteiger charge is 2.21. The number of ether oxygens (including phenoxy) is 1. The maximum absolute atomic E-state index is 12.9. The Morgan fingerprint density at radius 3 is 2.27 bits per heavy atom. The number of carbonyl (C=O) groups excluding carboxylic acids is 1. The van der Waals surface area contributed by atoms with Gasteiger partial charge in [0.1, 0.15) is 11.6 Å². The fourth-order valence-electron chi connectivity index (χ4n) is 3.25. The van der Waals surface area contributed by atoms with Crippen molar-refractivity contribution in [3.63, 3.8) is 0 Å². The monoisotopic (exact) mass is 356 g/mol. The molecule has 4 nitrogen and oxygen atoms in total. The summed E-state index contributed by atoms with van der Waals surface area (Å²) in [7, 11) is 1.62. The number of hydrogen-bond donors (Lipinski definition) is 0. The number of amides is 1. The van der Waals surface area contributed by atoms with Crippen LogP contribution in [0.5, 0.6) is 5.75 Å². The first-order chi connectivity index (χ1) is 12.7. The minimum Gasteiger partial charge on any atom is -0.497 e. The van der Waals surface area contributed by atoms with Crippen LogP contribution in [0.1, 0.15) is 22.3 Å². The molecule has 0 aliphatic carbocycles. The molecule has 0 bridgehead atoms. The van der Waals surface area contributed by atoms with E-state index in [4.69, 9.17) is 4.74 Å². The quantitative estimate of drug-likeness (QED) is 0.797. The number of rotatable bonds is 6. The molecule has 0 N–H and O–H groups in total. The lowest BCUT2D eigenvalue weighted by Crippen LogP contribution is -2.48. The molecule has 138 valence electrons. The summed E-state index contributed by atoms with van der Waals surface area (Å²) in [6.07, 6.45) is 1.99. The SMILES string of the molecule is COc1ccc(C(=O)N2CCN(CCCc3ccc(F)cc3)CC2)cc1. The zero-order valence-electron chi connectivity index (χ0n) is 15.2. The second-order valence-corrected chi connectivity index (χ2v) is 6.59. The van der Waals surface area contributed by atoms with Crippen molar-refractivity contribution in [3.8, 4) is 5.75 Å². The molecular formula is C21H25FN2O2. The molecule has 5 heteroatoms. The highest BCUT2D eigenvalue weighted by Crippen LogP contribution is 2.15. The van der Waals surface area contributed by atoms with Gasteiger partial charge in [0.05, 0.1) is 7.11 Å². The van der Waals surface area contributed by atoms with E-state index in [1.54, 1.807) is 7.11 Å². The van der Waals surface area contributed by atoms with Gasteiger partial charge < -0.3 is 9.64 Å². The number of aryl methyl sites for hydroxylation is 1. The van der Waals surface area contributed by atoms with Crippen molar-refractivity contribution in [2.24, 2.45) is 0 Å². The van der Waals surface area contributed by atoms with Gasteiger partial charge in [0.25, 0.3) is 5.91 Å². The summed E-state index contributed by atoms with van der Waals surface area (Å²) in [5.41, 5.74) is 1.87. The molecule has 26 heavy (non-hydrogen) atoms. The first kappa shape index (κ1) is 18.4. The minimum atomic E-state index is -0.189. The van der Waals surface area contributed by atoms with Crippen LogP contribution in [0.2, 0.25) is 0 Å². The van der Waals surface area contributed by atoms with Crippen LogP contribution in [0.25, 0.3) is 0 Å². The number of benzene rings is 2. The van der Waals surface area contributed by atoms with Crippen LogP contribution in [-0.2, 0) is 6.42 Å². The summed E-state index contributed by atoms with van der Waals surface area (Å²) in [4.78, 5) is 16.9. The molecular weight excluding hydrogens is 331 g/mol. The van der Waals surface area contributed by atoms with Gasteiger partial charge in [-0.15, -0.1) is 0 Å². The largest absolute Gasteiger partial charge is 0.497 e. The maximum Gasteiger partial charge on any atom is 0.253 e. The van der Waals surface area contributed by atoms with Crippen LogP contribution in [0, 0.1) is 5.82 Å². The zero-order chi connectivity index (χ0) is 18.4. The molecule has 2 aromatic carbocycles.